The number of anilines is 1. The molecule has 2 saturated heterocycles. The van der Waals surface area contributed by atoms with Gasteiger partial charge < -0.3 is 14.7 Å². The quantitative estimate of drug-likeness (QED) is 0.636. The number of para-hydroxylation sites is 1. The van der Waals surface area contributed by atoms with E-state index >= 15 is 0 Å². The largest absolute Gasteiger partial charge is 0.343 e. The normalized spacial score (nSPS) is 18.2. The van der Waals surface area contributed by atoms with E-state index < -0.39 is 0 Å². The van der Waals surface area contributed by atoms with Gasteiger partial charge in [-0.25, -0.2) is 0 Å². The molecule has 6 nitrogen and oxygen atoms in total. The Morgan fingerprint density at radius 1 is 0.968 bits per heavy atom. The van der Waals surface area contributed by atoms with Gasteiger partial charge in [-0.3, -0.25) is 9.59 Å². The van der Waals surface area contributed by atoms with E-state index in [1.54, 1.807) is 4.90 Å². The molecule has 2 heterocycles. The topological polar surface area (TPSA) is 67.6 Å². The second-order valence-corrected chi connectivity index (χ2v) is 8.83. The summed E-state index contributed by atoms with van der Waals surface area (Å²) in [6.07, 6.45) is 8.20. The molecule has 2 aliphatic rings. The first-order valence-electron chi connectivity index (χ1n) is 11.9. The van der Waals surface area contributed by atoms with Crippen LogP contribution in [0.1, 0.15) is 57.8 Å². The molecule has 0 atom stereocenters. The van der Waals surface area contributed by atoms with Crippen LogP contribution in [-0.4, -0.2) is 60.9 Å². The van der Waals surface area contributed by atoms with Gasteiger partial charge in [0.15, 0.2) is 0 Å². The van der Waals surface area contributed by atoms with Crippen molar-refractivity contribution in [3.8, 4) is 6.07 Å². The molecular weight excluding hydrogens is 388 g/mol. The van der Waals surface area contributed by atoms with E-state index in [9.17, 15) is 9.59 Å². The third-order valence-electron chi connectivity index (χ3n) is 6.55. The summed E-state index contributed by atoms with van der Waals surface area (Å²) in [4.78, 5) is 31.7. The molecule has 168 valence electrons. The van der Waals surface area contributed by atoms with E-state index in [1.165, 1.54) is 45.3 Å². The minimum absolute atomic E-state index is 0.0786. The molecular formula is C25H36N4O2. The lowest BCUT2D eigenvalue weighted by Crippen LogP contribution is -2.42. The van der Waals surface area contributed by atoms with Gasteiger partial charge in [0, 0.05) is 44.7 Å². The minimum atomic E-state index is -0.0918. The molecule has 0 radical (unpaired) electrons. The zero-order valence-corrected chi connectivity index (χ0v) is 18.7. The van der Waals surface area contributed by atoms with Gasteiger partial charge in [0.1, 0.15) is 0 Å². The predicted octanol–water partition coefficient (Wildman–Crippen LogP) is 3.83. The number of nitriles is 1. The molecule has 0 bridgehead atoms. The fraction of sp³-hybridized carbons (Fsp3) is 0.640. The highest BCUT2D eigenvalue weighted by atomic mass is 16.2. The number of benzene rings is 1. The average molecular weight is 425 g/mol. The van der Waals surface area contributed by atoms with Gasteiger partial charge in [0.2, 0.25) is 11.8 Å². The Labute approximate surface area is 186 Å². The molecule has 0 spiro atoms. The van der Waals surface area contributed by atoms with Crippen molar-refractivity contribution in [1.82, 2.24) is 9.80 Å². The number of carbonyl (C=O) groups excluding carboxylic acids is 2. The third-order valence-corrected chi connectivity index (χ3v) is 6.55. The molecule has 3 rings (SSSR count). The van der Waals surface area contributed by atoms with E-state index in [1.807, 2.05) is 35.2 Å². The fourth-order valence-corrected chi connectivity index (χ4v) is 4.72. The Balaban J connectivity index is 1.42. The first-order valence-corrected chi connectivity index (χ1v) is 11.9. The Kier molecular flexibility index (Phi) is 9.36. The highest BCUT2D eigenvalue weighted by molar-refractivity contribution is 5.95. The highest BCUT2D eigenvalue weighted by Gasteiger charge is 2.25. The summed E-state index contributed by atoms with van der Waals surface area (Å²) in [5.74, 6) is 0.670. The van der Waals surface area contributed by atoms with Crippen LogP contribution in [0.5, 0.6) is 0 Å². The Morgan fingerprint density at radius 2 is 1.65 bits per heavy atom. The molecule has 2 amide bonds. The molecule has 1 aromatic carbocycles. The van der Waals surface area contributed by atoms with Crippen molar-refractivity contribution in [2.24, 2.45) is 5.92 Å². The van der Waals surface area contributed by atoms with E-state index in [0.717, 1.165) is 31.6 Å². The fourth-order valence-electron chi connectivity index (χ4n) is 4.72. The van der Waals surface area contributed by atoms with Crippen LogP contribution in [-0.2, 0) is 9.59 Å². The van der Waals surface area contributed by atoms with Crippen molar-refractivity contribution in [2.45, 2.75) is 57.8 Å². The van der Waals surface area contributed by atoms with Gasteiger partial charge in [0.05, 0.1) is 12.5 Å². The van der Waals surface area contributed by atoms with E-state index in [-0.39, 0.29) is 31.1 Å². The van der Waals surface area contributed by atoms with Crippen LogP contribution in [0.25, 0.3) is 0 Å². The molecule has 31 heavy (non-hydrogen) atoms. The van der Waals surface area contributed by atoms with Crippen molar-refractivity contribution in [3.05, 3.63) is 30.3 Å². The SMILES string of the molecule is N#CCCN(C(=O)CCC(=O)N1CCC(CN2CCCCCC2)CC1)c1ccccc1. The lowest BCUT2D eigenvalue weighted by atomic mass is 9.95. The average Bonchev–Trinajstić information content (AvgIpc) is 3.07. The van der Waals surface area contributed by atoms with Gasteiger partial charge >= 0.3 is 0 Å². The zero-order chi connectivity index (χ0) is 21.9. The summed E-state index contributed by atoms with van der Waals surface area (Å²) in [7, 11) is 0. The lowest BCUT2D eigenvalue weighted by molar-refractivity contribution is -0.134. The van der Waals surface area contributed by atoms with Crippen molar-refractivity contribution >= 4 is 17.5 Å². The van der Waals surface area contributed by atoms with E-state index in [0.29, 0.717) is 12.5 Å². The number of amides is 2. The second kappa shape index (κ2) is 12.5. The Morgan fingerprint density at radius 3 is 2.29 bits per heavy atom. The van der Waals surface area contributed by atoms with Gasteiger partial charge in [-0.2, -0.15) is 5.26 Å². The number of carbonyl (C=O) groups is 2. The standard InChI is InChI=1S/C25H36N4O2/c26-15-8-18-29(23-9-4-3-5-10-23)25(31)12-11-24(30)28-19-13-22(14-20-28)21-27-16-6-1-2-7-17-27/h3-5,9-10,22H,1-2,6-8,11-14,16-21H2. The number of hydrogen-bond donors (Lipinski definition) is 0. The third kappa shape index (κ3) is 7.36. The van der Waals surface area contributed by atoms with E-state index in [2.05, 4.69) is 11.0 Å². The monoisotopic (exact) mass is 424 g/mol. The number of piperidine rings is 1. The van der Waals surface area contributed by atoms with Gasteiger partial charge in [-0.05, 0) is 56.8 Å². The van der Waals surface area contributed by atoms with Gasteiger partial charge in [-0.1, -0.05) is 31.0 Å². The number of rotatable bonds is 8. The predicted molar refractivity (Wildman–Crippen MR) is 122 cm³/mol. The summed E-state index contributed by atoms with van der Waals surface area (Å²) >= 11 is 0. The highest BCUT2D eigenvalue weighted by Crippen LogP contribution is 2.22. The van der Waals surface area contributed by atoms with Crippen LogP contribution in [0.2, 0.25) is 0 Å². The Hall–Kier alpha value is -2.39. The Bertz CT molecular complexity index is 730. The smallest absolute Gasteiger partial charge is 0.227 e. The molecule has 0 aromatic heterocycles. The van der Waals surface area contributed by atoms with Crippen LogP contribution in [0, 0.1) is 17.2 Å². The maximum Gasteiger partial charge on any atom is 0.227 e. The maximum atomic E-state index is 12.8. The van der Waals surface area contributed by atoms with Gasteiger partial charge in [-0.15, -0.1) is 0 Å². The summed E-state index contributed by atoms with van der Waals surface area (Å²) in [6.45, 7) is 5.60. The first-order chi connectivity index (χ1) is 15.2. The zero-order valence-electron chi connectivity index (χ0n) is 18.7. The molecule has 6 heteroatoms. The maximum absolute atomic E-state index is 12.8. The lowest BCUT2D eigenvalue weighted by Gasteiger charge is -2.35. The van der Waals surface area contributed by atoms with Crippen LogP contribution in [0.15, 0.2) is 30.3 Å². The van der Waals surface area contributed by atoms with Crippen LogP contribution >= 0.6 is 0 Å². The van der Waals surface area contributed by atoms with Crippen LogP contribution < -0.4 is 4.90 Å². The molecule has 1 aromatic rings. The molecule has 0 unspecified atom stereocenters. The molecule has 0 saturated carbocycles. The number of likely N-dealkylation sites (tertiary alicyclic amines) is 2. The summed E-state index contributed by atoms with van der Waals surface area (Å²) < 4.78 is 0. The van der Waals surface area contributed by atoms with Crippen LogP contribution in [0.3, 0.4) is 0 Å². The first kappa shape index (κ1) is 23.3. The van der Waals surface area contributed by atoms with Crippen molar-refractivity contribution in [3.63, 3.8) is 0 Å². The summed E-state index contributed by atoms with van der Waals surface area (Å²) in [5, 5.41) is 8.92. The molecule has 0 aliphatic carbocycles. The van der Waals surface area contributed by atoms with Crippen molar-refractivity contribution < 1.29 is 9.59 Å². The second-order valence-electron chi connectivity index (χ2n) is 8.83. The van der Waals surface area contributed by atoms with Crippen molar-refractivity contribution in [2.75, 3.05) is 44.2 Å². The minimum Gasteiger partial charge on any atom is -0.343 e. The summed E-state index contributed by atoms with van der Waals surface area (Å²) in [6, 6.07) is 11.5. The summed E-state index contributed by atoms with van der Waals surface area (Å²) in [5.41, 5.74) is 0.782. The number of hydrogen-bond acceptors (Lipinski definition) is 4. The molecule has 2 fully saturated rings. The van der Waals surface area contributed by atoms with Crippen molar-refractivity contribution in [1.29, 1.82) is 5.26 Å². The van der Waals surface area contributed by atoms with Gasteiger partial charge in [0.25, 0.3) is 0 Å². The molecule has 0 N–H and O–H groups in total. The van der Waals surface area contributed by atoms with Crippen LogP contribution in [0.4, 0.5) is 5.69 Å². The number of nitrogens with zero attached hydrogens (tertiary/aromatic N) is 4. The van der Waals surface area contributed by atoms with E-state index in [4.69, 9.17) is 5.26 Å². The molecule has 2 aliphatic heterocycles.